The summed E-state index contributed by atoms with van der Waals surface area (Å²) in [6, 6.07) is 10.4. The Kier molecular flexibility index (Phi) is 6.13. The first-order chi connectivity index (χ1) is 12.2. The van der Waals surface area contributed by atoms with Crippen LogP contribution in [0, 0.1) is 5.41 Å². The number of nitrogens with zero attached hydrogens (tertiary/aromatic N) is 2. The molecular weight excluding hydrogens is 312 g/mol. The number of likely N-dealkylation sites (N-methyl/N-ethyl adjacent to an activating group) is 1. The van der Waals surface area contributed by atoms with Gasteiger partial charge in [0.05, 0.1) is 12.5 Å². The molecule has 1 aromatic carbocycles. The third kappa shape index (κ3) is 4.24. The van der Waals surface area contributed by atoms with Gasteiger partial charge in [-0.15, -0.1) is 0 Å². The summed E-state index contributed by atoms with van der Waals surface area (Å²) in [5.41, 5.74) is 1.47. The van der Waals surface area contributed by atoms with Gasteiger partial charge in [0.25, 0.3) is 0 Å². The summed E-state index contributed by atoms with van der Waals surface area (Å²) < 4.78 is 5.50. The van der Waals surface area contributed by atoms with E-state index in [0.717, 1.165) is 52.4 Å². The van der Waals surface area contributed by atoms with Crippen LogP contribution in [0.15, 0.2) is 30.3 Å². The molecule has 0 unspecified atom stereocenters. The summed E-state index contributed by atoms with van der Waals surface area (Å²) in [6.45, 7) is 10.8. The zero-order valence-corrected chi connectivity index (χ0v) is 15.7. The number of ether oxygens (including phenoxy) is 1. The Morgan fingerprint density at radius 1 is 1.16 bits per heavy atom. The number of amides is 1. The molecule has 0 radical (unpaired) electrons. The maximum atomic E-state index is 12.9. The molecular formula is C21H32N2O2. The van der Waals surface area contributed by atoms with Crippen LogP contribution in [0.4, 0.5) is 0 Å². The van der Waals surface area contributed by atoms with Crippen molar-refractivity contribution in [3.63, 3.8) is 0 Å². The molecule has 2 heterocycles. The highest BCUT2D eigenvalue weighted by Gasteiger charge is 2.45. The zero-order chi connectivity index (χ0) is 17.7. The molecule has 2 aliphatic heterocycles. The van der Waals surface area contributed by atoms with Crippen molar-refractivity contribution in [1.29, 1.82) is 0 Å². The second-order valence-electron chi connectivity index (χ2n) is 7.56. The van der Waals surface area contributed by atoms with Gasteiger partial charge in [-0.25, -0.2) is 0 Å². The van der Waals surface area contributed by atoms with Crippen molar-refractivity contribution in [2.24, 2.45) is 5.41 Å². The Morgan fingerprint density at radius 3 is 2.52 bits per heavy atom. The lowest BCUT2D eigenvalue weighted by Gasteiger charge is -2.49. The summed E-state index contributed by atoms with van der Waals surface area (Å²) in [4.78, 5) is 17.5. The molecule has 4 nitrogen and oxygen atoms in total. The van der Waals surface area contributed by atoms with E-state index in [1.165, 1.54) is 18.4 Å². The predicted octanol–water partition coefficient (Wildman–Crippen LogP) is 3.14. The summed E-state index contributed by atoms with van der Waals surface area (Å²) in [5, 5.41) is 0. The van der Waals surface area contributed by atoms with Crippen molar-refractivity contribution < 1.29 is 9.53 Å². The number of rotatable bonds is 6. The standard InChI is InChI=1S/C21H32N2O2/c1-3-23-17-21(10-12-22(13-11-21)14-15-25-4-2)16-19(20(23)24)18-8-6-5-7-9-18/h5-9,19H,3-4,10-17H2,1-2H3/t19-/m0/s1. The maximum Gasteiger partial charge on any atom is 0.230 e. The van der Waals surface area contributed by atoms with Crippen molar-refractivity contribution in [3.8, 4) is 0 Å². The van der Waals surface area contributed by atoms with Crippen molar-refractivity contribution >= 4 is 5.91 Å². The van der Waals surface area contributed by atoms with E-state index in [-0.39, 0.29) is 11.3 Å². The lowest BCUT2D eigenvalue weighted by atomic mass is 9.67. The Hall–Kier alpha value is -1.39. The smallest absolute Gasteiger partial charge is 0.230 e. The fourth-order valence-electron chi connectivity index (χ4n) is 4.45. The lowest BCUT2D eigenvalue weighted by molar-refractivity contribution is -0.141. The van der Waals surface area contributed by atoms with Crippen molar-refractivity contribution in [2.45, 2.75) is 39.0 Å². The van der Waals surface area contributed by atoms with E-state index in [0.29, 0.717) is 5.91 Å². The Morgan fingerprint density at radius 2 is 1.88 bits per heavy atom. The lowest BCUT2D eigenvalue weighted by Crippen LogP contribution is -2.54. The van der Waals surface area contributed by atoms with Gasteiger partial charge >= 0.3 is 0 Å². The van der Waals surface area contributed by atoms with Crippen LogP contribution < -0.4 is 0 Å². The molecule has 1 atom stereocenters. The van der Waals surface area contributed by atoms with Crippen LogP contribution in [0.2, 0.25) is 0 Å². The molecule has 0 aromatic heterocycles. The van der Waals surface area contributed by atoms with Crippen LogP contribution in [0.25, 0.3) is 0 Å². The number of benzene rings is 1. The number of hydrogen-bond donors (Lipinski definition) is 0. The fraction of sp³-hybridized carbons (Fsp3) is 0.667. The van der Waals surface area contributed by atoms with E-state index < -0.39 is 0 Å². The Labute approximate surface area is 152 Å². The van der Waals surface area contributed by atoms with Crippen LogP contribution in [0.1, 0.15) is 44.6 Å². The molecule has 2 aliphatic rings. The van der Waals surface area contributed by atoms with Crippen molar-refractivity contribution in [3.05, 3.63) is 35.9 Å². The molecule has 0 N–H and O–H groups in total. The normalized spacial score (nSPS) is 24.0. The highest BCUT2D eigenvalue weighted by molar-refractivity contribution is 5.84. The van der Waals surface area contributed by atoms with Crippen molar-refractivity contribution in [1.82, 2.24) is 9.80 Å². The molecule has 2 saturated heterocycles. The van der Waals surface area contributed by atoms with Gasteiger partial charge in [0.1, 0.15) is 0 Å². The summed E-state index contributed by atoms with van der Waals surface area (Å²) in [6.07, 6.45) is 3.38. The molecule has 3 rings (SSSR count). The maximum absolute atomic E-state index is 12.9. The third-order valence-corrected chi connectivity index (χ3v) is 6.03. The molecule has 0 bridgehead atoms. The topological polar surface area (TPSA) is 32.8 Å². The largest absolute Gasteiger partial charge is 0.380 e. The van der Waals surface area contributed by atoms with Gasteiger partial charge < -0.3 is 14.5 Å². The average Bonchev–Trinajstić information content (AvgIpc) is 2.66. The average molecular weight is 344 g/mol. The highest BCUT2D eigenvalue weighted by Crippen LogP contribution is 2.45. The predicted molar refractivity (Wildman–Crippen MR) is 101 cm³/mol. The summed E-state index contributed by atoms with van der Waals surface area (Å²) in [7, 11) is 0. The van der Waals surface area contributed by atoms with Gasteiger partial charge in [-0.2, -0.15) is 0 Å². The van der Waals surface area contributed by atoms with Crippen LogP contribution in [-0.2, 0) is 9.53 Å². The first-order valence-corrected chi connectivity index (χ1v) is 9.81. The second kappa shape index (κ2) is 8.33. The van der Waals surface area contributed by atoms with Gasteiger partial charge in [-0.3, -0.25) is 4.79 Å². The summed E-state index contributed by atoms with van der Waals surface area (Å²) >= 11 is 0. The number of carbonyl (C=O) groups excluding carboxylic acids is 1. The first kappa shape index (κ1) is 18.4. The number of likely N-dealkylation sites (tertiary alicyclic amines) is 2. The van der Waals surface area contributed by atoms with E-state index in [2.05, 4.69) is 41.0 Å². The molecule has 25 heavy (non-hydrogen) atoms. The van der Waals surface area contributed by atoms with E-state index in [4.69, 9.17) is 4.74 Å². The van der Waals surface area contributed by atoms with Gasteiger partial charge in [0, 0.05) is 26.2 Å². The SMILES string of the molecule is CCOCCN1CCC2(CC1)C[C@@H](c1ccccc1)C(=O)N(CC)C2. The van der Waals surface area contributed by atoms with Crippen LogP contribution in [0.5, 0.6) is 0 Å². The van der Waals surface area contributed by atoms with E-state index in [1.54, 1.807) is 0 Å². The molecule has 1 spiro atoms. The number of piperidine rings is 2. The van der Waals surface area contributed by atoms with Gasteiger partial charge in [-0.1, -0.05) is 30.3 Å². The zero-order valence-electron chi connectivity index (χ0n) is 15.7. The van der Waals surface area contributed by atoms with Gasteiger partial charge in [-0.05, 0) is 57.2 Å². The fourth-order valence-corrected chi connectivity index (χ4v) is 4.45. The van der Waals surface area contributed by atoms with Crippen LogP contribution in [0.3, 0.4) is 0 Å². The molecule has 138 valence electrons. The molecule has 4 heteroatoms. The van der Waals surface area contributed by atoms with Crippen LogP contribution in [-0.4, -0.2) is 61.6 Å². The molecule has 0 saturated carbocycles. The molecule has 1 amide bonds. The van der Waals surface area contributed by atoms with E-state index in [1.807, 2.05) is 13.0 Å². The monoisotopic (exact) mass is 344 g/mol. The van der Waals surface area contributed by atoms with Gasteiger partial charge in [0.15, 0.2) is 0 Å². The molecule has 1 aromatic rings. The third-order valence-electron chi connectivity index (χ3n) is 6.03. The minimum atomic E-state index is 0.0323. The Balaban J connectivity index is 1.68. The number of carbonyl (C=O) groups is 1. The molecule has 0 aliphatic carbocycles. The number of hydrogen-bond acceptors (Lipinski definition) is 3. The minimum Gasteiger partial charge on any atom is -0.380 e. The van der Waals surface area contributed by atoms with E-state index >= 15 is 0 Å². The minimum absolute atomic E-state index is 0.0323. The van der Waals surface area contributed by atoms with Crippen LogP contribution >= 0.6 is 0 Å². The van der Waals surface area contributed by atoms with Gasteiger partial charge in [0.2, 0.25) is 5.91 Å². The quantitative estimate of drug-likeness (QED) is 0.743. The first-order valence-electron chi connectivity index (χ1n) is 9.81. The summed E-state index contributed by atoms with van der Waals surface area (Å²) in [5.74, 6) is 0.350. The van der Waals surface area contributed by atoms with E-state index in [9.17, 15) is 4.79 Å². The second-order valence-corrected chi connectivity index (χ2v) is 7.56. The molecule has 2 fully saturated rings. The highest BCUT2D eigenvalue weighted by atomic mass is 16.5. The van der Waals surface area contributed by atoms with Crippen molar-refractivity contribution in [2.75, 3.05) is 45.9 Å². The Bertz CT molecular complexity index is 552.